The predicted molar refractivity (Wildman–Crippen MR) is 101 cm³/mol. The van der Waals surface area contributed by atoms with Crippen molar-refractivity contribution in [2.24, 2.45) is 13.0 Å². The number of hydrogen-bond donors (Lipinski definition) is 0. The van der Waals surface area contributed by atoms with E-state index in [4.69, 9.17) is 7.16 Å². The lowest BCUT2D eigenvalue weighted by Gasteiger charge is -2.08. The maximum Gasteiger partial charge on any atom is 0.216 e. The average Bonchev–Trinajstić information content (AvgIpc) is 3.00. The van der Waals surface area contributed by atoms with E-state index in [1.54, 1.807) is 6.20 Å². The number of aromatic nitrogens is 2. The third kappa shape index (κ3) is 2.70. The number of aryl methyl sites for hydroxylation is 2. The van der Waals surface area contributed by atoms with Gasteiger partial charge in [0.1, 0.15) is 12.6 Å². The summed E-state index contributed by atoms with van der Waals surface area (Å²) >= 11 is 0. The highest BCUT2D eigenvalue weighted by Gasteiger charge is 2.21. The van der Waals surface area contributed by atoms with Crippen molar-refractivity contribution in [3.63, 3.8) is 0 Å². The monoisotopic (exact) mass is 333 g/mol. The van der Waals surface area contributed by atoms with Gasteiger partial charge in [-0.15, -0.1) is 0 Å². The first kappa shape index (κ1) is 13.6. The Labute approximate surface area is 150 Å². The molecule has 0 aliphatic rings. The SMILES string of the molecule is [2H]C([2H])(c1ccc(-c2c(C)ccc3c2oc2cccnc23)[n+](C)c1)C(C)C. The van der Waals surface area contributed by atoms with Gasteiger partial charge < -0.3 is 4.42 Å². The Morgan fingerprint density at radius 2 is 2.04 bits per heavy atom. The van der Waals surface area contributed by atoms with Crippen molar-refractivity contribution in [1.82, 2.24) is 4.98 Å². The van der Waals surface area contributed by atoms with Gasteiger partial charge in [-0.25, -0.2) is 4.57 Å². The van der Waals surface area contributed by atoms with E-state index in [9.17, 15) is 0 Å². The van der Waals surface area contributed by atoms with Crippen LogP contribution in [-0.4, -0.2) is 4.98 Å². The second kappa shape index (κ2) is 5.99. The molecule has 0 amide bonds. The maximum atomic E-state index is 8.37. The van der Waals surface area contributed by atoms with Crippen LogP contribution in [0, 0.1) is 12.8 Å². The second-order valence-electron chi connectivity index (χ2n) is 6.80. The molecular formula is C22H23N2O+. The first-order valence-electron chi connectivity index (χ1n) is 9.58. The number of pyridine rings is 2. The van der Waals surface area contributed by atoms with Crippen molar-refractivity contribution in [3.05, 3.63) is 59.9 Å². The number of fused-ring (bicyclic) bond motifs is 3. The highest BCUT2D eigenvalue weighted by atomic mass is 16.3. The molecule has 0 radical (unpaired) electrons. The van der Waals surface area contributed by atoms with Gasteiger partial charge in [0.15, 0.2) is 17.4 Å². The first-order valence-corrected chi connectivity index (χ1v) is 8.58. The molecule has 0 fully saturated rings. The maximum absolute atomic E-state index is 8.37. The molecule has 0 bridgehead atoms. The van der Waals surface area contributed by atoms with Gasteiger partial charge in [-0.3, -0.25) is 4.98 Å². The molecule has 0 N–H and O–H groups in total. The smallest absolute Gasteiger partial charge is 0.216 e. The third-order valence-electron chi connectivity index (χ3n) is 4.45. The summed E-state index contributed by atoms with van der Waals surface area (Å²) in [5, 5.41) is 0.993. The van der Waals surface area contributed by atoms with Crippen LogP contribution in [0.5, 0.6) is 0 Å². The number of nitrogens with zero attached hydrogens (tertiary/aromatic N) is 2. The van der Waals surface area contributed by atoms with E-state index in [1.165, 1.54) is 0 Å². The third-order valence-corrected chi connectivity index (χ3v) is 4.45. The molecule has 3 aromatic heterocycles. The van der Waals surface area contributed by atoms with Crippen molar-refractivity contribution in [2.75, 3.05) is 0 Å². The summed E-state index contributed by atoms with van der Waals surface area (Å²) in [4.78, 5) is 4.47. The van der Waals surface area contributed by atoms with Crippen molar-refractivity contribution in [3.8, 4) is 11.3 Å². The summed E-state index contributed by atoms with van der Waals surface area (Å²) in [6.45, 7) is 5.87. The number of hydrogen-bond acceptors (Lipinski definition) is 2. The summed E-state index contributed by atoms with van der Waals surface area (Å²) in [6.07, 6.45) is 2.29. The average molecular weight is 333 g/mol. The quantitative estimate of drug-likeness (QED) is 0.495. The van der Waals surface area contributed by atoms with E-state index in [-0.39, 0.29) is 5.92 Å². The van der Waals surface area contributed by atoms with Gasteiger partial charge in [-0.1, -0.05) is 19.9 Å². The van der Waals surface area contributed by atoms with Crippen LogP contribution in [0.2, 0.25) is 0 Å². The van der Waals surface area contributed by atoms with Gasteiger partial charge in [0, 0.05) is 26.0 Å². The Kier molecular flexibility index (Phi) is 3.26. The summed E-state index contributed by atoms with van der Waals surface area (Å²) in [7, 11) is 1.95. The number of rotatable bonds is 3. The Hall–Kier alpha value is -2.68. The van der Waals surface area contributed by atoms with Crippen LogP contribution in [0.4, 0.5) is 0 Å². The Balaban J connectivity index is 1.96. The molecule has 0 unspecified atom stereocenters. The molecule has 0 aliphatic carbocycles. The molecule has 126 valence electrons. The molecule has 1 aromatic carbocycles. The minimum absolute atomic E-state index is 0.102. The molecule has 0 aliphatic heterocycles. The summed E-state index contributed by atoms with van der Waals surface area (Å²) in [5.74, 6) is -0.102. The molecule has 0 atom stereocenters. The lowest BCUT2D eigenvalue weighted by atomic mass is 9.99. The Morgan fingerprint density at radius 3 is 2.80 bits per heavy atom. The Morgan fingerprint density at radius 1 is 1.20 bits per heavy atom. The lowest BCUT2D eigenvalue weighted by molar-refractivity contribution is -0.660. The van der Waals surface area contributed by atoms with E-state index >= 15 is 0 Å². The molecule has 3 nitrogen and oxygen atoms in total. The Bertz CT molecular complexity index is 1160. The minimum atomic E-state index is -1.37. The summed E-state index contributed by atoms with van der Waals surface area (Å²) < 4.78 is 24.9. The van der Waals surface area contributed by atoms with Crippen molar-refractivity contribution < 1.29 is 11.7 Å². The van der Waals surface area contributed by atoms with Gasteiger partial charge in [0.05, 0.1) is 5.56 Å². The molecule has 4 aromatic rings. The van der Waals surface area contributed by atoms with Gasteiger partial charge in [-0.05, 0) is 49.0 Å². The molecular weight excluding hydrogens is 308 g/mol. The van der Waals surface area contributed by atoms with Crippen LogP contribution in [0.15, 0.2) is 53.2 Å². The fourth-order valence-electron chi connectivity index (χ4n) is 3.36. The zero-order valence-electron chi connectivity index (χ0n) is 17.0. The lowest BCUT2D eigenvalue weighted by Crippen LogP contribution is -2.31. The van der Waals surface area contributed by atoms with E-state index in [1.807, 2.05) is 55.9 Å². The standard InChI is InChI=1S/C22H23N2O/c1-14(2)12-16-8-10-18(24(4)13-16)20-15(3)7-9-17-21-19(25-22(17)20)6-5-11-23-21/h5-11,13-14H,12H2,1-4H3/q+1/i12D2. The minimum Gasteiger partial charge on any atom is -0.453 e. The molecule has 0 saturated carbocycles. The van der Waals surface area contributed by atoms with E-state index in [2.05, 4.69) is 24.0 Å². The zero-order chi connectivity index (χ0) is 19.3. The fraction of sp³-hybridized carbons (Fsp3) is 0.273. The van der Waals surface area contributed by atoms with Gasteiger partial charge >= 0.3 is 0 Å². The van der Waals surface area contributed by atoms with Gasteiger partial charge in [0.2, 0.25) is 5.69 Å². The molecule has 25 heavy (non-hydrogen) atoms. The number of furan rings is 1. The predicted octanol–water partition coefficient (Wildman–Crippen LogP) is 4.98. The first-order chi connectivity index (χ1) is 12.8. The van der Waals surface area contributed by atoms with E-state index < -0.39 is 6.37 Å². The molecule has 0 saturated heterocycles. The topological polar surface area (TPSA) is 29.9 Å². The molecule has 4 rings (SSSR count). The van der Waals surface area contributed by atoms with Crippen LogP contribution in [0.25, 0.3) is 33.3 Å². The highest BCUT2D eigenvalue weighted by Crippen LogP contribution is 2.35. The highest BCUT2D eigenvalue weighted by molar-refractivity contribution is 6.07. The van der Waals surface area contributed by atoms with Crippen LogP contribution in [0.1, 0.15) is 27.7 Å². The van der Waals surface area contributed by atoms with Crippen molar-refractivity contribution >= 4 is 22.1 Å². The second-order valence-corrected chi connectivity index (χ2v) is 6.80. The summed E-state index contributed by atoms with van der Waals surface area (Å²) in [6, 6.07) is 11.8. The zero-order valence-corrected chi connectivity index (χ0v) is 15.0. The summed E-state index contributed by atoms with van der Waals surface area (Å²) in [5.41, 5.74) is 6.25. The molecule has 3 heterocycles. The van der Waals surface area contributed by atoms with Crippen molar-refractivity contribution in [2.45, 2.75) is 27.1 Å². The van der Waals surface area contributed by atoms with Crippen LogP contribution in [0.3, 0.4) is 0 Å². The van der Waals surface area contributed by atoms with Crippen molar-refractivity contribution in [1.29, 1.82) is 0 Å². The number of benzene rings is 1. The van der Waals surface area contributed by atoms with Crippen LogP contribution in [-0.2, 0) is 13.4 Å². The van der Waals surface area contributed by atoms with Gasteiger partial charge in [0.25, 0.3) is 0 Å². The van der Waals surface area contributed by atoms with Gasteiger partial charge in [-0.2, -0.15) is 0 Å². The van der Waals surface area contributed by atoms with Crippen LogP contribution < -0.4 is 4.57 Å². The fourth-order valence-corrected chi connectivity index (χ4v) is 3.36. The molecule has 3 heteroatoms. The van der Waals surface area contributed by atoms with Crippen LogP contribution >= 0.6 is 0 Å². The normalized spacial score (nSPS) is 13.5. The van der Waals surface area contributed by atoms with E-state index in [0.717, 1.165) is 38.9 Å². The molecule has 0 spiro atoms. The largest absolute Gasteiger partial charge is 0.453 e. The van der Waals surface area contributed by atoms with E-state index in [0.29, 0.717) is 5.56 Å².